The van der Waals surface area contributed by atoms with Gasteiger partial charge in [-0.15, -0.1) is 0 Å². The lowest BCUT2D eigenvalue weighted by atomic mass is 9.80. The molecule has 0 aromatic carbocycles. The number of hydrogen-bond donors (Lipinski definition) is 1. The van der Waals surface area contributed by atoms with E-state index in [9.17, 15) is 9.59 Å². The highest BCUT2D eigenvalue weighted by Gasteiger charge is 2.52. The maximum Gasteiger partial charge on any atom is 0.325 e. The van der Waals surface area contributed by atoms with Gasteiger partial charge in [0.05, 0.1) is 6.54 Å². The maximum absolute atomic E-state index is 12.3. The number of aromatic nitrogens is 1. The summed E-state index contributed by atoms with van der Waals surface area (Å²) in [5.74, 6) is -0.199. The molecule has 1 saturated carbocycles. The first kappa shape index (κ1) is 13.6. The average Bonchev–Trinajstić information content (AvgIpc) is 2.73. The fourth-order valence-electron chi connectivity index (χ4n) is 3.29. The first-order valence-electron chi connectivity index (χ1n) is 7.14. The van der Waals surface area contributed by atoms with Gasteiger partial charge in [0.2, 0.25) is 0 Å². The Labute approximate surface area is 122 Å². The molecule has 1 aromatic rings. The number of carbonyl (C=O) groups excluding carboxylic acids is 2. The molecule has 1 spiro atoms. The summed E-state index contributed by atoms with van der Waals surface area (Å²) < 4.78 is 0. The Kier molecular flexibility index (Phi) is 3.34. The third-order valence-electron chi connectivity index (χ3n) is 4.41. The van der Waals surface area contributed by atoms with Crippen LogP contribution in [0.1, 0.15) is 43.4 Å². The van der Waals surface area contributed by atoms with Crippen molar-refractivity contribution in [2.45, 2.75) is 44.2 Å². The number of nitrogens with zero attached hydrogens (tertiary/aromatic N) is 3. The Morgan fingerprint density at radius 3 is 2.81 bits per heavy atom. The highest BCUT2D eigenvalue weighted by Crippen LogP contribution is 2.38. The topological polar surface area (TPSA) is 86.1 Å². The second-order valence-electron chi connectivity index (χ2n) is 5.56. The number of pyridine rings is 1. The van der Waals surface area contributed by atoms with Gasteiger partial charge in [-0.25, -0.2) is 9.78 Å². The lowest BCUT2D eigenvalue weighted by Crippen LogP contribution is -2.50. The first-order valence-corrected chi connectivity index (χ1v) is 7.14. The summed E-state index contributed by atoms with van der Waals surface area (Å²) in [4.78, 5) is 30.0. The lowest BCUT2D eigenvalue weighted by molar-refractivity contribution is -0.128. The monoisotopic (exact) mass is 284 g/mol. The molecule has 0 bridgehead atoms. The molecule has 0 unspecified atom stereocenters. The number of rotatable bonds is 2. The van der Waals surface area contributed by atoms with Crippen LogP contribution in [0.15, 0.2) is 18.3 Å². The summed E-state index contributed by atoms with van der Waals surface area (Å²) in [6, 6.07) is 5.18. The van der Waals surface area contributed by atoms with Crippen LogP contribution in [-0.2, 0) is 11.3 Å². The molecule has 2 aliphatic rings. The Morgan fingerprint density at radius 1 is 1.33 bits per heavy atom. The molecule has 6 nitrogen and oxygen atoms in total. The third-order valence-corrected chi connectivity index (χ3v) is 4.41. The van der Waals surface area contributed by atoms with E-state index in [0.29, 0.717) is 24.1 Å². The molecule has 1 aliphatic carbocycles. The van der Waals surface area contributed by atoms with Crippen molar-refractivity contribution in [2.75, 3.05) is 0 Å². The van der Waals surface area contributed by atoms with Crippen LogP contribution >= 0.6 is 0 Å². The molecular weight excluding hydrogens is 268 g/mol. The summed E-state index contributed by atoms with van der Waals surface area (Å²) >= 11 is 0. The zero-order valence-corrected chi connectivity index (χ0v) is 11.6. The smallest absolute Gasteiger partial charge is 0.305 e. The molecule has 21 heavy (non-hydrogen) atoms. The van der Waals surface area contributed by atoms with Crippen molar-refractivity contribution >= 4 is 11.9 Å². The molecule has 0 radical (unpaired) electrons. The van der Waals surface area contributed by atoms with E-state index in [1.54, 1.807) is 23.2 Å². The van der Waals surface area contributed by atoms with E-state index in [1.807, 2.05) is 6.07 Å². The van der Waals surface area contributed by atoms with E-state index < -0.39 is 5.54 Å². The Bertz CT molecular complexity index is 629. The van der Waals surface area contributed by atoms with Gasteiger partial charge in [0.1, 0.15) is 17.3 Å². The minimum absolute atomic E-state index is 0.199. The van der Waals surface area contributed by atoms with E-state index in [1.165, 1.54) is 0 Å². The first-order chi connectivity index (χ1) is 10.2. The third kappa shape index (κ3) is 2.15. The SMILES string of the molecule is N#Cc1ncccc1CN1C(=O)NC(=O)C12CCCCC2. The Morgan fingerprint density at radius 2 is 2.10 bits per heavy atom. The molecular formula is C15H16N4O2. The van der Waals surface area contributed by atoms with Crippen molar-refractivity contribution in [1.29, 1.82) is 5.26 Å². The van der Waals surface area contributed by atoms with Gasteiger partial charge in [0.25, 0.3) is 5.91 Å². The van der Waals surface area contributed by atoms with Gasteiger partial charge in [-0.3, -0.25) is 10.1 Å². The average molecular weight is 284 g/mol. The number of amides is 3. The van der Waals surface area contributed by atoms with Crippen molar-refractivity contribution in [1.82, 2.24) is 15.2 Å². The van der Waals surface area contributed by atoms with E-state index in [4.69, 9.17) is 5.26 Å². The molecule has 1 saturated heterocycles. The summed E-state index contributed by atoms with van der Waals surface area (Å²) in [5, 5.41) is 11.5. The van der Waals surface area contributed by atoms with E-state index in [0.717, 1.165) is 19.3 Å². The van der Waals surface area contributed by atoms with Gasteiger partial charge in [0.15, 0.2) is 0 Å². The Hall–Kier alpha value is -2.42. The number of nitriles is 1. The van der Waals surface area contributed by atoms with Crippen LogP contribution in [0.3, 0.4) is 0 Å². The molecule has 1 N–H and O–H groups in total. The largest absolute Gasteiger partial charge is 0.325 e. The van der Waals surface area contributed by atoms with E-state index in [2.05, 4.69) is 10.3 Å². The zero-order chi connectivity index (χ0) is 14.9. The normalized spacial score (nSPS) is 20.4. The number of imide groups is 1. The molecule has 0 atom stereocenters. The van der Waals surface area contributed by atoms with Crippen LogP contribution in [0.4, 0.5) is 4.79 Å². The molecule has 6 heteroatoms. The number of urea groups is 1. The second kappa shape index (κ2) is 5.17. The summed E-state index contributed by atoms with van der Waals surface area (Å²) in [7, 11) is 0. The van der Waals surface area contributed by atoms with Crippen LogP contribution in [0.2, 0.25) is 0 Å². The van der Waals surface area contributed by atoms with Gasteiger partial charge < -0.3 is 4.90 Å². The number of hydrogen-bond acceptors (Lipinski definition) is 4. The standard InChI is InChI=1S/C15H16N4O2/c16-9-12-11(5-4-8-17-12)10-19-14(21)18-13(20)15(19)6-2-1-3-7-15/h4-5,8H,1-3,6-7,10H2,(H,18,20,21). The van der Waals surface area contributed by atoms with Gasteiger partial charge in [0, 0.05) is 11.8 Å². The predicted octanol–water partition coefficient (Wildman–Crippen LogP) is 1.71. The predicted molar refractivity (Wildman–Crippen MR) is 73.8 cm³/mol. The minimum Gasteiger partial charge on any atom is -0.305 e. The van der Waals surface area contributed by atoms with Crippen LogP contribution in [0.25, 0.3) is 0 Å². The Balaban J connectivity index is 1.94. The number of carbonyl (C=O) groups is 2. The highest BCUT2D eigenvalue weighted by atomic mass is 16.2. The summed E-state index contributed by atoms with van der Waals surface area (Å²) in [6.07, 6.45) is 5.89. The van der Waals surface area contributed by atoms with Gasteiger partial charge in [-0.2, -0.15) is 5.26 Å². The van der Waals surface area contributed by atoms with Gasteiger partial charge >= 0.3 is 6.03 Å². The van der Waals surface area contributed by atoms with E-state index in [-0.39, 0.29) is 18.5 Å². The van der Waals surface area contributed by atoms with Crippen LogP contribution in [-0.4, -0.2) is 27.4 Å². The quantitative estimate of drug-likeness (QED) is 0.838. The van der Waals surface area contributed by atoms with Gasteiger partial charge in [-0.05, 0) is 18.9 Å². The molecule has 2 heterocycles. The zero-order valence-electron chi connectivity index (χ0n) is 11.6. The van der Waals surface area contributed by atoms with E-state index >= 15 is 0 Å². The van der Waals surface area contributed by atoms with Crippen molar-refractivity contribution in [2.24, 2.45) is 0 Å². The molecule has 3 amide bonds. The lowest BCUT2D eigenvalue weighted by Gasteiger charge is -2.38. The summed E-state index contributed by atoms with van der Waals surface area (Å²) in [5.41, 5.74) is 0.239. The van der Waals surface area contributed by atoms with Crippen molar-refractivity contribution < 1.29 is 9.59 Å². The van der Waals surface area contributed by atoms with Crippen LogP contribution < -0.4 is 5.32 Å². The van der Waals surface area contributed by atoms with Crippen molar-refractivity contribution in [3.63, 3.8) is 0 Å². The molecule has 1 aliphatic heterocycles. The van der Waals surface area contributed by atoms with Crippen LogP contribution in [0.5, 0.6) is 0 Å². The fourth-order valence-corrected chi connectivity index (χ4v) is 3.29. The maximum atomic E-state index is 12.3. The molecule has 1 aromatic heterocycles. The number of nitrogens with one attached hydrogen (secondary N) is 1. The highest BCUT2D eigenvalue weighted by molar-refractivity contribution is 6.07. The van der Waals surface area contributed by atoms with Gasteiger partial charge in [-0.1, -0.05) is 25.3 Å². The minimum atomic E-state index is -0.738. The molecule has 108 valence electrons. The van der Waals surface area contributed by atoms with Crippen molar-refractivity contribution in [3.05, 3.63) is 29.6 Å². The van der Waals surface area contributed by atoms with Crippen LogP contribution in [0, 0.1) is 11.3 Å². The second-order valence-corrected chi connectivity index (χ2v) is 5.56. The fraction of sp³-hybridized carbons (Fsp3) is 0.467. The summed E-state index contributed by atoms with van der Waals surface area (Å²) in [6.45, 7) is 0.244. The van der Waals surface area contributed by atoms with Crippen molar-refractivity contribution in [3.8, 4) is 6.07 Å². The molecule has 2 fully saturated rings. The molecule has 3 rings (SSSR count).